The second-order valence-electron chi connectivity index (χ2n) is 8.02. The van der Waals surface area contributed by atoms with Crippen LogP contribution in [-0.4, -0.2) is 52.1 Å². The number of likely N-dealkylation sites (tertiary alicyclic amines) is 1. The van der Waals surface area contributed by atoms with E-state index in [4.69, 9.17) is 0 Å². The minimum atomic E-state index is 0. The first kappa shape index (κ1) is 22.7. The smallest absolute Gasteiger partial charge is 0.193 e. The number of piperidine rings is 1. The molecule has 0 aliphatic carbocycles. The van der Waals surface area contributed by atoms with Crippen molar-refractivity contribution in [1.29, 1.82) is 0 Å². The number of aromatic nitrogens is 3. The molecule has 1 aliphatic rings. The third-order valence-corrected chi connectivity index (χ3v) is 6.28. The van der Waals surface area contributed by atoms with Gasteiger partial charge >= 0.3 is 0 Å². The zero-order valence-electron chi connectivity index (χ0n) is 18.1. The standard InChI is InChI=1S/C23H32N6.HI/c1-4-18-6-5-7-20-19(14-27-22(18)20)8-10-26-23(24-3)28-12-9-17(2)21(15-28)29-13-11-25-16-29;/h5-7,11,13-14,16-17,21,27H,4,8-10,12,15H2,1-3H3,(H,24,26);1H. The highest BCUT2D eigenvalue weighted by atomic mass is 127. The highest BCUT2D eigenvalue weighted by molar-refractivity contribution is 14.0. The van der Waals surface area contributed by atoms with Gasteiger partial charge in [-0.05, 0) is 36.3 Å². The maximum absolute atomic E-state index is 4.56. The molecule has 0 spiro atoms. The minimum absolute atomic E-state index is 0. The molecule has 0 bridgehead atoms. The Kier molecular flexibility index (Phi) is 7.80. The van der Waals surface area contributed by atoms with Gasteiger partial charge in [-0.1, -0.05) is 32.0 Å². The second-order valence-corrected chi connectivity index (χ2v) is 8.02. The van der Waals surface area contributed by atoms with Crippen molar-refractivity contribution in [2.45, 2.75) is 39.2 Å². The van der Waals surface area contributed by atoms with Gasteiger partial charge in [-0.3, -0.25) is 4.99 Å². The Hall–Kier alpha value is -2.03. The summed E-state index contributed by atoms with van der Waals surface area (Å²) >= 11 is 0. The van der Waals surface area contributed by atoms with Crippen LogP contribution >= 0.6 is 24.0 Å². The molecule has 6 nitrogen and oxygen atoms in total. The van der Waals surface area contributed by atoms with Crippen molar-refractivity contribution in [3.63, 3.8) is 0 Å². The number of aliphatic imine (C=N–C) groups is 1. The number of halogens is 1. The third kappa shape index (κ3) is 4.66. The lowest BCUT2D eigenvalue weighted by atomic mass is 9.93. The maximum Gasteiger partial charge on any atom is 0.193 e. The molecule has 2 aromatic heterocycles. The zero-order chi connectivity index (χ0) is 20.2. The molecule has 3 heterocycles. The number of imidazole rings is 1. The number of aryl methyl sites for hydroxylation is 1. The molecule has 1 saturated heterocycles. The molecule has 7 heteroatoms. The van der Waals surface area contributed by atoms with Crippen LogP contribution in [-0.2, 0) is 12.8 Å². The third-order valence-electron chi connectivity index (χ3n) is 6.28. The molecule has 0 radical (unpaired) electrons. The highest BCUT2D eigenvalue weighted by Crippen LogP contribution is 2.27. The fraction of sp³-hybridized carbons (Fsp3) is 0.478. The number of nitrogens with zero attached hydrogens (tertiary/aromatic N) is 4. The summed E-state index contributed by atoms with van der Waals surface area (Å²) in [4.78, 5) is 14.6. The largest absolute Gasteiger partial charge is 0.361 e. The number of nitrogens with one attached hydrogen (secondary N) is 2. The van der Waals surface area contributed by atoms with Gasteiger partial charge in [0.15, 0.2) is 5.96 Å². The van der Waals surface area contributed by atoms with E-state index in [-0.39, 0.29) is 24.0 Å². The Morgan fingerprint density at radius 1 is 1.33 bits per heavy atom. The van der Waals surface area contributed by atoms with Gasteiger partial charge in [0.25, 0.3) is 0 Å². The Labute approximate surface area is 196 Å². The molecule has 3 aromatic rings. The lowest BCUT2D eigenvalue weighted by Crippen LogP contribution is -2.49. The second kappa shape index (κ2) is 10.3. The van der Waals surface area contributed by atoms with Crippen LogP contribution in [0.1, 0.15) is 37.4 Å². The van der Waals surface area contributed by atoms with E-state index in [9.17, 15) is 0 Å². The molecule has 162 valence electrons. The summed E-state index contributed by atoms with van der Waals surface area (Å²) in [7, 11) is 1.88. The first-order valence-corrected chi connectivity index (χ1v) is 10.7. The average molecular weight is 520 g/mol. The van der Waals surface area contributed by atoms with E-state index in [2.05, 4.69) is 74.2 Å². The highest BCUT2D eigenvalue weighted by Gasteiger charge is 2.28. The Morgan fingerprint density at radius 3 is 2.93 bits per heavy atom. The molecule has 1 aromatic carbocycles. The summed E-state index contributed by atoms with van der Waals surface area (Å²) in [6.07, 6.45) is 11.2. The molecule has 2 N–H and O–H groups in total. The molecule has 30 heavy (non-hydrogen) atoms. The number of H-pyrrole nitrogens is 1. The van der Waals surface area contributed by atoms with Crippen LogP contribution in [0.15, 0.2) is 48.1 Å². The summed E-state index contributed by atoms with van der Waals surface area (Å²) in [6, 6.07) is 7.02. The molecule has 2 unspecified atom stereocenters. The molecule has 2 atom stereocenters. The molecule has 1 fully saturated rings. The van der Waals surface area contributed by atoms with E-state index in [1.165, 1.54) is 22.0 Å². The van der Waals surface area contributed by atoms with Gasteiger partial charge in [0.2, 0.25) is 0 Å². The Balaban J connectivity index is 0.00000256. The topological polar surface area (TPSA) is 61.2 Å². The van der Waals surface area contributed by atoms with E-state index in [1.54, 1.807) is 0 Å². The summed E-state index contributed by atoms with van der Waals surface area (Å²) in [5.74, 6) is 1.63. The molecule has 1 aliphatic heterocycles. The zero-order valence-corrected chi connectivity index (χ0v) is 20.5. The van der Waals surface area contributed by atoms with Crippen molar-refractivity contribution in [1.82, 2.24) is 24.8 Å². The van der Waals surface area contributed by atoms with Gasteiger partial charge in [0, 0.05) is 56.2 Å². The van der Waals surface area contributed by atoms with Gasteiger partial charge in [-0.25, -0.2) is 4.98 Å². The van der Waals surface area contributed by atoms with E-state index >= 15 is 0 Å². The number of fused-ring (bicyclic) bond motifs is 1. The lowest BCUT2D eigenvalue weighted by molar-refractivity contribution is 0.189. The average Bonchev–Trinajstić information content (AvgIpc) is 3.42. The van der Waals surface area contributed by atoms with Crippen LogP contribution in [0.2, 0.25) is 0 Å². The summed E-state index contributed by atoms with van der Waals surface area (Å²) in [6.45, 7) is 7.41. The lowest BCUT2D eigenvalue weighted by Gasteiger charge is -2.39. The molecule has 4 rings (SSSR count). The SMILES string of the molecule is CCc1cccc2c(CCNC(=NC)N3CCC(C)C(n4ccnc4)C3)c[nH]c12.I. The fourth-order valence-corrected chi connectivity index (χ4v) is 4.51. The summed E-state index contributed by atoms with van der Waals surface area (Å²) < 4.78 is 2.24. The Morgan fingerprint density at radius 2 is 2.20 bits per heavy atom. The van der Waals surface area contributed by atoms with Crippen LogP contribution in [0.4, 0.5) is 0 Å². The van der Waals surface area contributed by atoms with Gasteiger partial charge in [-0.15, -0.1) is 24.0 Å². The molecule has 0 saturated carbocycles. The maximum atomic E-state index is 4.56. The van der Waals surface area contributed by atoms with E-state index in [0.29, 0.717) is 12.0 Å². The van der Waals surface area contributed by atoms with Crippen molar-refractivity contribution in [3.8, 4) is 0 Å². The van der Waals surface area contributed by atoms with Crippen molar-refractivity contribution < 1.29 is 0 Å². The normalized spacial score (nSPS) is 19.7. The number of guanidine groups is 1. The summed E-state index contributed by atoms with van der Waals surface area (Å²) in [5.41, 5.74) is 4.02. The first-order valence-electron chi connectivity index (χ1n) is 10.7. The van der Waals surface area contributed by atoms with Crippen LogP contribution in [0.3, 0.4) is 0 Å². The first-order chi connectivity index (χ1) is 14.2. The monoisotopic (exact) mass is 520 g/mol. The molecule has 0 amide bonds. The molecular weight excluding hydrogens is 487 g/mol. The van der Waals surface area contributed by atoms with Gasteiger partial charge in [0.05, 0.1) is 12.4 Å². The quantitative estimate of drug-likeness (QED) is 0.301. The van der Waals surface area contributed by atoms with E-state index < -0.39 is 0 Å². The van der Waals surface area contributed by atoms with Gasteiger partial charge in [0.1, 0.15) is 0 Å². The van der Waals surface area contributed by atoms with Crippen LogP contribution in [0.25, 0.3) is 10.9 Å². The van der Waals surface area contributed by atoms with Crippen molar-refractivity contribution >= 4 is 40.8 Å². The van der Waals surface area contributed by atoms with Crippen LogP contribution < -0.4 is 5.32 Å². The van der Waals surface area contributed by atoms with Crippen molar-refractivity contribution in [3.05, 3.63) is 54.2 Å². The predicted octanol–water partition coefficient (Wildman–Crippen LogP) is 4.25. The minimum Gasteiger partial charge on any atom is -0.361 e. The van der Waals surface area contributed by atoms with Crippen LogP contribution in [0.5, 0.6) is 0 Å². The number of benzene rings is 1. The number of rotatable bonds is 5. The summed E-state index contributed by atoms with van der Waals surface area (Å²) in [5, 5.41) is 4.93. The predicted molar refractivity (Wildman–Crippen MR) is 135 cm³/mol. The number of para-hydroxylation sites is 1. The Bertz CT molecular complexity index is 961. The van der Waals surface area contributed by atoms with Crippen LogP contribution in [0, 0.1) is 5.92 Å². The van der Waals surface area contributed by atoms with Gasteiger partial charge in [-0.2, -0.15) is 0 Å². The number of aromatic amines is 1. The number of hydrogen-bond acceptors (Lipinski definition) is 2. The van der Waals surface area contributed by atoms with Gasteiger partial charge < -0.3 is 19.8 Å². The van der Waals surface area contributed by atoms with Crippen molar-refractivity contribution in [2.24, 2.45) is 10.9 Å². The van der Waals surface area contributed by atoms with E-state index in [0.717, 1.165) is 44.9 Å². The fourth-order valence-electron chi connectivity index (χ4n) is 4.51. The number of hydrogen-bond donors (Lipinski definition) is 2. The van der Waals surface area contributed by atoms with Crippen molar-refractivity contribution in [2.75, 3.05) is 26.7 Å². The van der Waals surface area contributed by atoms with E-state index in [1.807, 2.05) is 19.6 Å². The molecular formula is C23H33IN6.